The predicted octanol–water partition coefficient (Wildman–Crippen LogP) is 0.559. The van der Waals surface area contributed by atoms with Crippen molar-refractivity contribution in [1.82, 2.24) is 19.7 Å². The number of rotatable bonds is 6. The third-order valence-corrected chi connectivity index (χ3v) is 4.71. The first-order chi connectivity index (χ1) is 9.88. The molecule has 1 aromatic carbocycles. The molecular weight excluding hydrogens is 411 g/mol. The molecule has 0 aliphatic carbocycles. The Morgan fingerprint density at radius 1 is 1.33 bits per heavy atom. The monoisotopic (exact) mass is 422 g/mol. The van der Waals surface area contributed by atoms with Gasteiger partial charge in [-0.3, -0.25) is 4.68 Å². The second-order valence-corrected chi connectivity index (χ2v) is 7.04. The van der Waals surface area contributed by atoms with Crippen molar-refractivity contribution in [3.63, 3.8) is 0 Å². The molecule has 0 spiro atoms. The fourth-order valence-corrected chi connectivity index (χ4v) is 2.88. The van der Waals surface area contributed by atoms with E-state index in [-0.39, 0.29) is 23.7 Å². The second-order valence-electron chi connectivity index (χ2n) is 4.02. The Bertz CT molecular complexity index is 742. The van der Waals surface area contributed by atoms with Gasteiger partial charge in [0.1, 0.15) is 0 Å². The summed E-state index contributed by atoms with van der Waals surface area (Å²) in [6, 6.07) is 6.43. The minimum Gasteiger partial charge on any atom is -0.476 e. The molecule has 0 saturated carbocycles. The van der Waals surface area contributed by atoms with Crippen molar-refractivity contribution in [3.05, 3.63) is 39.7 Å². The number of carbonyl (C=O) groups is 1. The van der Waals surface area contributed by atoms with E-state index in [1.54, 1.807) is 12.1 Å². The minimum atomic E-state index is -3.59. The number of hydrogen-bond donors (Lipinski definition) is 2. The van der Waals surface area contributed by atoms with Crippen LogP contribution >= 0.6 is 22.6 Å². The number of halogens is 1. The summed E-state index contributed by atoms with van der Waals surface area (Å²) in [5.74, 6) is -1.18. The smallest absolute Gasteiger partial charge is 0.358 e. The summed E-state index contributed by atoms with van der Waals surface area (Å²) in [6.07, 6.45) is 1.24. The van der Waals surface area contributed by atoms with Crippen LogP contribution in [0.15, 0.2) is 35.4 Å². The molecule has 8 nitrogen and oxygen atoms in total. The molecule has 0 atom stereocenters. The van der Waals surface area contributed by atoms with Crippen LogP contribution in [0, 0.1) is 3.57 Å². The van der Waals surface area contributed by atoms with E-state index in [1.165, 1.54) is 23.0 Å². The summed E-state index contributed by atoms with van der Waals surface area (Å²) in [6.45, 7) is 0.265. The highest BCUT2D eigenvalue weighted by atomic mass is 127. The van der Waals surface area contributed by atoms with Crippen molar-refractivity contribution < 1.29 is 18.3 Å². The van der Waals surface area contributed by atoms with Gasteiger partial charge in [0.2, 0.25) is 10.0 Å². The van der Waals surface area contributed by atoms with Gasteiger partial charge in [-0.05, 0) is 46.9 Å². The van der Waals surface area contributed by atoms with Crippen LogP contribution in [0.1, 0.15) is 10.5 Å². The van der Waals surface area contributed by atoms with Gasteiger partial charge in [0.05, 0.1) is 17.6 Å². The molecule has 0 radical (unpaired) electrons. The first-order valence-corrected chi connectivity index (χ1v) is 8.33. The molecule has 0 bridgehead atoms. The molecule has 1 heterocycles. The van der Waals surface area contributed by atoms with Crippen molar-refractivity contribution >= 4 is 38.6 Å². The average Bonchev–Trinajstić information content (AvgIpc) is 2.88. The Kier molecular flexibility index (Phi) is 4.90. The number of hydrogen-bond acceptors (Lipinski definition) is 5. The fraction of sp³-hybridized carbons (Fsp3) is 0.182. The Morgan fingerprint density at radius 2 is 2.00 bits per heavy atom. The Hall–Kier alpha value is -1.53. The Morgan fingerprint density at radius 3 is 2.57 bits per heavy atom. The van der Waals surface area contributed by atoms with Gasteiger partial charge < -0.3 is 5.11 Å². The topological polar surface area (TPSA) is 114 Å². The number of sulfonamides is 1. The van der Waals surface area contributed by atoms with E-state index < -0.39 is 16.0 Å². The summed E-state index contributed by atoms with van der Waals surface area (Å²) in [5, 5.41) is 15.7. The number of nitrogens with zero attached hydrogens (tertiary/aromatic N) is 3. The zero-order chi connectivity index (χ0) is 15.5. The van der Waals surface area contributed by atoms with Crippen molar-refractivity contribution in [2.45, 2.75) is 11.4 Å². The van der Waals surface area contributed by atoms with Gasteiger partial charge in [0.15, 0.2) is 5.69 Å². The van der Waals surface area contributed by atoms with Crippen molar-refractivity contribution in [2.24, 2.45) is 0 Å². The average molecular weight is 422 g/mol. The summed E-state index contributed by atoms with van der Waals surface area (Å²) in [5.41, 5.74) is -0.185. The van der Waals surface area contributed by atoms with Crippen LogP contribution in [0.4, 0.5) is 0 Å². The van der Waals surface area contributed by atoms with E-state index >= 15 is 0 Å². The Labute approximate surface area is 134 Å². The van der Waals surface area contributed by atoms with Crippen molar-refractivity contribution in [3.8, 4) is 0 Å². The second kappa shape index (κ2) is 6.49. The maximum absolute atomic E-state index is 12.0. The number of nitrogens with one attached hydrogen (secondary N) is 1. The molecule has 2 N–H and O–H groups in total. The molecule has 112 valence electrons. The number of carboxylic acids is 1. The number of aromatic carboxylic acids is 1. The van der Waals surface area contributed by atoms with Gasteiger partial charge >= 0.3 is 5.97 Å². The van der Waals surface area contributed by atoms with Gasteiger partial charge in [-0.2, -0.15) is 0 Å². The van der Waals surface area contributed by atoms with Crippen molar-refractivity contribution in [1.29, 1.82) is 0 Å². The lowest BCUT2D eigenvalue weighted by molar-refractivity contribution is 0.0690. The van der Waals surface area contributed by atoms with Crippen LogP contribution in [-0.4, -0.2) is 41.0 Å². The summed E-state index contributed by atoms with van der Waals surface area (Å²) in [7, 11) is -3.59. The number of carboxylic acid groups (broad SMARTS) is 1. The largest absolute Gasteiger partial charge is 0.476 e. The Balaban J connectivity index is 1.95. The predicted molar refractivity (Wildman–Crippen MR) is 81.3 cm³/mol. The first-order valence-electron chi connectivity index (χ1n) is 5.77. The molecule has 21 heavy (non-hydrogen) atoms. The zero-order valence-electron chi connectivity index (χ0n) is 10.6. The molecule has 0 aliphatic heterocycles. The van der Waals surface area contributed by atoms with Gasteiger partial charge in [-0.15, -0.1) is 5.10 Å². The molecule has 0 fully saturated rings. The molecule has 10 heteroatoms. The number of aromatic nitrogens is 3. The molecule has 0 aliphatic rings. The molecule has 2 rings (SSSR count). The fourth-order valence-electron chi connectivity index (χ4n) is 1.50. The lowest BCUT2D eigenvalue weighted by Gasteiger charge is -2.06. The van der Waals surface area contributed by atoms with Crippen LogP contribution in [0.2, 0.25) is 0 Å². The summed E-state index contributed by atoms with van der Waals surface area (Å²) < 4.78 is 28.6. The maximum Gasteiger partial charge on any atom is 0.358 e. The van der Waals surface area contributed by atoms with Crippen molar-refractivity contribution in [2.75, 3.05) is 6.54 Å². The van der Waals surface area contributed by atoms with E-state index in [4.69, 9.17) is 5.11 Å². The highest BCUT2D eigenvalue weighted by Gasteiger charge is 2.13. The zero-order valence-corrected chi connectivity index (χ0v) is 13.6. The lowest BCUT2D eigenvalue weighted by atomic mass is 10.4. The maximum atomic E-state index is 12.0. The van der Waals surface area contributed by atoms with Gasteiger partial charge in [0, 0.05) is 10.1 Å². The third-order valence-electron chi connectivity index (χ3n) is 2.51. The van der Waals surface area contributed by atoms with E-state index in [1.807, 2.05) is 0 Å². The van der Waals surface area contributed by atoms with E-state index in [0.29, 0.717) is 0 Å². The standard InChI is InChI=1S/C11H11IN4O4S/c12-8-1-3-9(4-2-8)21(19,20)13-5-6-16-7-10(11(17)18)14-15-16/h1-4,7,13H,5-6H2,(H,17,18). The van der Waals surface area contributed by atoms with E-state index in [0.717, 1.165) is 3.57 Å². The van der Waals surface area contributed by atoms with E-state index in [9.17, 15) is 13.2 Å². The molecule has 0 saturated heterocycles. The van der Waals surface area contributed by atoms with Gasteiger partial charge in [0.25, 0.3) is 0 Å². The quantitative estimate of drug-likeness (QED) is 0.658. The van der Waals surface area contributed by atoms with Crippen LogP contribution in [0.25, 0.3) is 0 Å². The highest BCUT2D eigenvalue weighted by molar-refractivity contribution is 14.1. The van der Waals surface area contributed by atoms with Crippen LogP contribution in [-0.2, 0) is 16.6 Å². The highest BCUT2D eigenvalue weighted by Crippen LogP contribution is 2.11. The molecule has 0 unspecified atom stereocenters. The van der Waals surface area contributed by atoms with Crippen LogP contribution < -0.4 is 4.72 Å². The molecule has 2 aromatic rings. The first kappa shape index (κ1) is 15.9. The minimum absolute atomic E-state index is 0.0801. The summed E-state index contributed by atoms with van der Waals surface area (Å²) in [4.78, 5) is 10.8. The van der Waals surface area contributed by atoms with Gasteiger partial charge in [-0.1, -0.05) is 5.21 Å². The number of benzene rings is 1. The molecule has 1 aromatic heterocycles. The van der Waals surface area contributed by atoms with Gasteiger partial charge in [-0.25, -0.2) is 17.9 Å². The molecule has 0 amide bonds. The third kappa shape index (κ3) is 4.22. The molecular formula is C11H11IN4O4S. The SMILES string of the molecule is O=C(O)c1cn(CCNS(=O)(=O)c2ccc(I)cc2)nn1. The summed E-state index contributed by atoms with van der Waals surface area (Å²) >= 11 is 2.09. The lowest BCUT2D eigenvalue weighted by Crippen LogP contribution is -2.27. The van der Waals surface area contributed by atoms with Crippen LogP contribution in [0.3, 0.4) is 0 Å². The normalized spacial score (nSPS) is 11.5. The van der Waals surface area contributed by atoms with Crippen LogP contribution in [0.5, 0.6) is 0 Å². The van der Waals surface area contributed by atoms with E-state index in [2.05, 4.69) is 37.6 Å².